The Bertz CT molecular complexity index is 555. The monoisotopic (exact) mass is 401 g/mol. The van der Waals surface area contributed by atoms with E-state index in [9.17, 15) is 0 Å². The number of hydrogen-bond acceptors (Lipinski definition) is 1. The molecule has 2 aromatic rings. The maximum atomic E-state index is 6.01. The zero-order chi connectivity index (χ0) is 13.8. The van der Waals surface area contributed by atoms with Gasteiger partial charge in [-0.2, -0.15) is 0 Å². The molecule has 0 aliphatic rings. The lowest BCUT2D eigenvalue weighted by molar-refractivity contribution is 0.573. The Labute approximate surface area is 135 Å². The van der Waals surface area contributed by atoms with Crippen molar-refractivity contribution in [1.82, 2.24) is 5.32 Å². The summed E-state index contributed by atoms with van der Waals surface area (Å²) in [6.07, 6.45) is 0. The van der Waals surface area contributed by atoms with E-state index in [1.807, 2.05) is 18.2 Å². The van der Waals surface area contributed by atoms with E-state index in [0.717, 1.165) is 26.1 Å². The van der Waals surface area contributed by atoms with Gasteiger partial charge in [-0.05, 0) is 48.4 Å². The van der Waals surface area contributed by atoms with Crippen molar-refractivity contribution in [3.63, 3.8) is 0 Å². The molecule has 0 heterocycles. The highest BCUT2D eigenvalue weighted by atomic mass is 79.9. The van der Waals surface area contributed by atoms with E-state index in [-0.39, 0.29) is 0 Å². The van der Waals surface area contributed by atoms with Crippen molar-refractivity contribution in [2.45, 2.75) is 19.5 Å². The molecule has 0 amide bonds. The van der Waals surface area contributed by atoms with Gasteiger partial charge in [0, 0.05) is 26.6 Å². The first kappa shape index (κ1) is 15.0. The molecular weight excluding hydrogens is 389 g/mol. The Kier molecular flexibility index (Phi) is 5.46. The van der Waals surface area contributed by atoms with E-state index in [1.165, 1.54) is 5.56 Å². The number of benzene rings is 2. The van der Waals surface area contributed by atoms with Crippen LogP contribution < -0.4 is 5.32 Å². The molecule has 0 radical (unpaired) electrons. The number of nitrogens with one attached hydrogen (secondary N) is 1. The highest BCUT2D eigenvalue weighted by Gasteiger charge is 2.06. The predicted octanol–water partition coefficient (Wildman–Crippen LogP) is 5.72. The molecule has 4 heteroatoms. The van der Waals surface area contributed by atoms with Crippen LogP contribution in [-0.4, -0.2) is 0 Å². The SMILES string of the molecule is C[C@@H](NCc1cc(Cl)ccc1Br)c1ccc(Br)cc1. The van der Waals surface area contributed by atoms with Crippen LogP contribution in [0.2, 0.25) is 5.02 Å². The Balaban J connectivity index is 2.02. The Morgan fingerprint density at radius 3 is 2.47 bits per heavy atom. The molecule has 0 aromatic heterocycles. The number of halogens is 3. The van der Waals surface area contributed by atoms with Gasteiger partial charge in [0.05, 0.1) is 0 Å². The lowest BCUT2D eigenvalue weighted by Crippen LogP contribution is -2.18. The van der Waals surface area contributed by atoms with Crippen molar-refractivity contribution < 1.29 is 0 Å². The zero-order valence-corrected chi connectivity index (χ0v) is 14.4. The van der Waals surface area contributed by atoms with Gasteiger partial charge in [0.15, 0.2) is 0 Å². The summed E-state index contributed by atoms with van der Waals surface area (Å²) in [5, 5.41) is 4.26. The van der Waals surface area contributed by atoms with Gasteiger partial charge in [0.2, 0.25) is 0 Å². The summed E-state index contributed by atoms with van der Waals surface area (Å²) in [5.41, 5.74) is 2.43. The maximum absolute atomic E-state index is 6.01. The number of hydrogen-bond donors (Lipinski definition) is 1. The molecule has 0 spiro atoms. The first-order valence-corrected chi connectivity index (χ1v) is 7.95. The fourth-order valence-corrected chi connectivity index (χ4v) is 2.66. The van der Waals surface area contributed by atoms with Crippen molar-refractivity contribution in [3.05, 3.63) is 67.6 Å². The highest BCUT2D eigenvalue weighted by molar-refractivity contribution is 9.10. The van der Waals surface area contributed by atoms with Crippen LogP contribution in [-0.2, 0) is 6.54 Å². The Morgan fingerprint density at radius 1 is 1.11 bits per heavy atom. The average molecular weight is 404 g/mol. The second-order valence-corrected chi connectivity index (χ2v) is 6.60. The molecule has 0 aliphatic carbocycles. The largest absolute Gasteiger partial charge is 0.306 e. The Morgan fingerprint density at radius 2 is 1.79 bits per heavy atom. The lowest BCUT2D eigenvalue weighted by Gasteiger charge is -2.15. The van der Waals surface area contributed by atoms with Gasteiger partial charge in [0.1, 0.15) is 0 Å². The third-order valence-electron chi connectivity index (χ3n) is 2.98. The van der Waals surface area contributed by atoms with Gasteiger partial charge in [-0.15, -0.1) is 0 Å². The van der Waals surface area contributed by atoms with Crippen LogP contribution in [0, 0.1) is 0 Å². The van der Waals surface area contributed by atoms with Crippen molar-refractivity contribution in [3.8, 4) is 0 Å². The molecule has 1 atom stereocenters. The molecular formula is C15H14Br2ClN. The number of rotatable bonds is 4. The van der Waals surface area contributed by atoms with Crippen LogP contribution in [0.25, 0.3) is 0 Å². The summed E-state index contributed by atoms with van der Waals surface area (Å²) in [6.45, 7) is 2.93. The van der Waals surface area contributed by atoms with E-state index < -0.39 is 0 Å². The minimum atomic E-state index is 0.291. The van der Waals surface area contributed by atoms with Crippen LogP contribution in [0.5, 0.6) is 0 Å². The Hall–Kier alpha value is -0.350. The molecule has 100 valence electrons. The molecule has 0 aliphatic heterocycles. The summed E-state index contributed by atoms with van der Waals surface area (Å²) in [5.74, 6) is 0. The minimum absolute atomic E-state index is 0.291. The van der Waals surface area contributed by atoms with Crippen molar-refractivity contribution in [2.24, 2.45) is 0 Å². The van der Waals surface area contributed by atoms with Gasteiger partial charge in [-0.1, -0.05) is 55.6 Å². The topological polar surface area (TPSA) is 12.0 Å². The van der Waals surface area contributed by atoms with Crippen molar-refractivity contribution in [2.75, 3.05) is 0 Å². The van der Waals surface area contributed by atoms with Gasteiger partial charge < -0.3 is 5.32 Å². The molecule has 0 saturated carbocycles. The van der Waals surface area contributed by atoms with Crippen LogP contribution in [0.15, 0.2) is 51.4 Å². The van der Waals surface area contributed by atoms with E-state index in [0.29, 0.717) is 6.04 Å². The lowest BCUT2D eigenvalue weighted by atomic mass is 10.1. The zero-order valence-electron chi connectivity index (χ0n) is 10.5. The van der Waals surface area contributed by atoms with E-state index in [1.54, 1.807) is 0 Å². The normalized spacial score (nSPS) is 12.4. The van der Waals surface area contributed by atoms with Gasteiger partial charge in [-0.3, -0.25) is 0 Å². The second-order valence-electron chi connectivity index (χ2n) is 4.39. The summed E-state index contributed by atoms with van der Waals surface area (Å²) in [6, 6.07) is 14.5. The quantitative estimate of drug-likeness (QED) is 0.689. The van der Waals surface area contributed by atoms with E-state index >= 15 is 0 Å². The summed E-state index contributed by atoms with van der Waals surface area (Å²) in [4.78, 5) is 0. The summed E-state index contributed by atoms with van der Waals surface area (Å²) in [7, 11) is 0. The second kappa shape index (κ2) is 6.89. The van der Waals surface area contributed by atoms with Crippen molar-refractivity contribution in [1.29, 1.82) is 0 Å². The fraction of sp³-hybridized carbons (Fsp3) is 0.200. The molecule has 2 aromatic carbocycles. The molecule has 19 heavy (non-hydrogen) atoms. The standard InChI is InChI=1S/C15H14Br2ClN/c1-10(11-2-4-13(16)5-3-11)19-9-12-8-14(18)6-7-15(12)17/h2-8,10,19H,9H2,1H3/t10-/m1/s1. The predicted molar refractivity (Wildman–Crippen MR) is 88.5 cm³/mol. The molecule has 0 saturated heterocycles. The molecule has 0 fully saturated rings. The van der Waals surface area contributed by atoms with E-state index in [4.69, 9.17) is 11.6 Å². The summed E-state index contributed by atoms with van der Waals surface area (Å²) >= 11 is 13.0. The van der Waals surface area contributed by atoms with Crippen LogP contribution >= 0.6 is 43.5 Å². The van der Waals surface area contributed by atoms with Gasteiger partial charge in [-0.25, -0.2) is 0 Å². The first-order chi connectivity index (χ1) is 9.06. The van der Waals surface area contributed by atoms with Crippen LogP contribution in [0.1, 0.15) is 24.1 Å². The molecule has 1 nitrogen and oxygen atoms in total. The van der Waals surface area contributed by atoms with Crippen molar-refractivity contribution >= 4 is 43.5 Å². The van der Waals surface area contributed by atoms with Crippen LogP contribution in [0.3, 0.4) is 0 Å². The molecule has 1 N–H and O–H groups in total. The third kappa shape index (κ3) is 4.32. The molecule has 0 bridgehead atoms. The third-order valence-corrected chi connectivity index (χ3v) is 4.51. The van der Waals surface area contributed by atoms with Crippen LogP contribution in [0.4, 0.5) is 0 Å². The highest BCUT2D eigenvalue weighted by Crippen LogP contribution is 2.22. The smallest absolute Gasteiger partial charge is 0.0410 e. The van der Waals surface area contributed by atoms with E-state index in [2.05, 4.69) is 68.4 Å². The summed E-state index contributed by atoms with van der Waals surface area (Å²) < 4.78 is 2.17. The van der Waals surface area contributed by atoms with Gasteiger partial charge >= 0.3 is 0 Å². The first-order valence-electron chi connectivity index (χ1n) is 5.99. The van der Waals surface area contributed by atoms with Gasteiger partial charge in [0.25, 0.3) is 0 Å². The molecule has 2 rings (SSSR count). The fourth-order valence-electron chi connectivity index (χ4n) is 1.81. The molecule has 0 unspecified atom stereocenters. The average Bonchev–Trinajstić information content (AvgIpc) is 2.40. The maximum Gasteiger partial charge on any atom is 0.0410 e. The minimum Gasteiger partial charge on any atom is -0.306 e.